The molecule has 0 saturated heterocycles. The van der Waals surface area contributed by atoms with E-state index in [1.807, 2.05) is 0 Å². The van der Waals surface area contributed by atoms with Gasteiger partial charge in [-0.2, -0.15) is 0 Å². The molecular weight excluding hydrogens is 693 g/mol. The van der Waals surface area contributed by atoms with E-state index in [0.717, 1.165) is 103 Å². The maximum absolute atomic E-state index is 12.7. The Morgan fingerprint density at radius 1 is 0.411 bits per heavy atom. The van der Waals surface area contributed by atoms with Crippen LogP contribution in [0.5, 0.6) is 0 Å². The van der Waals surface area contributed by atoms with E-state index in [4.69, 9.17) is 14.2 Å². The van der Waals surface area contributed by atoms with Gasteiger partial charge in [-0.3, -0.25) is 9.59 Å². The van der Waals surface area contributed by atoms with Crippen LogP contribution in [-0.2, 0) is 23.8 Å². The highest BCUT2D eigenvalue weighted by Gasteiger charge is 2.17. The number of unbranched alkanes of at least 4 members (excludes halogenated alkanes) is 16. The first-order chi connectivity index (χ1) is 27.6. The zero-order chi connectivity index (χ0) is 40.7. The van der Waals surface area contributed by atoms with Crippen LogP contribution < -0.4 is 0 Å². The number of hydrogen-bond donors (Lipinski definition) is 0. The van der Waals surface area contributed by atoms with Gasteiger partial charge in [-0.1, -0.05) is 170 Å². The fourth-order valence-corrected chi connectivity index (χ4v) is 5.95. The Labute approximate surface area is 346 Å². The molecule has 5 nitrogen and oxygen atoms in total. The summed E-state index contributed by atoms with van der Waals surface area (Å²) >= 11 is 0. The number of ether oxygens (including phenoxy) is 3. The van der Waals surface area contributed by atoms with E-state index >= 15 is 0 Å². The predicted octanol–water partition coefficient (Wildman–Crippen LogP) is 15.3. The van der Waals surface area contributed by atoms with Gasteiger partial charge in [0.05, 0.1) is 6.61 Å². The molecule has 0 saturated carbocycles. The average molecular weight is 779 g/mol. The standard InChI is InChI=1S/C51H86O5/c1-4-7-10-13-16-19-22-25-28-31-34-37-40-43-46-54-47-49(56-51(53)45-42-39-36-33-30-27-24-21-18-15-12-9-6-3)48-55-50(52)44-41-38-35-32-29-26-23-20-17-14-11-8-5-2/h8,10-13,15,17,19-22,24,26,29,49H,4-7,9,14,16,18,23,25,27-28,30-48H2,1-3H3/b11-8-,13-10-,15-12-,20-17-,22-19-,24-21-,29-26-. The van der Waals surface area contributed by atoms with E-state index in [2.05, 4.69) is 106 Å². The third-order valence-electron chi connectivity index (χ3n) is 9.35. The summed E-state index contributed by atoms with van der Waals surface area (Å²) < 4.78 is 17.3. The summed E-state index contributed by atoms with van der Waals surface area (Å²) in [7, 11) is 0. The van der Waals surface area contributed by atoms with Gasteiger partial charge in [0.15, 0.2) is 6.10 Å². The van der Waals surface area contributed by atoms with Crippen LogP contribution in [0.25, 0.3) is 0 Å². The van der Waals surface area contributed by atoms with Crippen molar-refractivity contribution in [3.63, 3.8) is 0 Å². The molecule has 0 aromatic rings. The van der Waals surface area contributed by atoms with Crippen molar-refractivity contribution in [2.24, 2.45) is 0 Å². The quantitative estimate of drug-likeness (QED) is 0.0351. The summed E-state index contributed by atoms with van der Waals surface area (Å²) in [5.74, 6) is -0.459. The lowest BCUT2D eigenvalue weighted by Crippen LogP contribution is -2.30. The maximum Gasteiger partial charge on any atom is 0.306 e. The lowest BCUT2D eigenvalue weighted by Gasteiger charge is -2.18. The van der Waals surface area contributed by atoms with Gasteiger partial charge in [0.2, 0.25) is 0 Å². The fourth-order valence-electron chi connectivity index (χ4n) is 5.95. The minimum atomic E-state index is -0.563. The number of carbonyl (C=O) groups excluding carboxylic acids is 2. The van der Waals surface area contributed by atoms with Crippen molar-refractivity contribution < 1.29 is 23.8 Å². The molecule has 1 unspecified atom stereocenters. The molecule has 56 heavy (non-hydrogen) atoms. The Morgan fingerprint density at radius 3 is 1.30 bits per heavy atom. The van der Waals surface area contributed by atoms with Gasteiger partial charge >= 0.3 is 11.9 Å². The summed E-state index contributed by atoms with van der Waals surface area (Å²) in [6.07, 6.45) is 60.1. The Bertz CT molecular complexity index is 1060. The van der Waals surface area contributed by atoms with Gasteiger partial charge in [-0.25, -0.2) is 0 Å². The van der Waals surface area contributed by atoms with Crippen molar-refractivity contribution in [3.05, 3.63) is 85.1 Å². The van der Waals surface area contributed by atoms with Gasteiger partial charge < -0.3 is 14.2 Å². The van der Waals surface area contributed by atoms with Crippen molar-refractivity contribution in [1.29, 1.82) is 0 Å². The summed E-state index contributed by atoms with van der Waals surface area (Å²) in [4.78, 5) is 25.3. The second-order valence-corrected chi connectivity index (χ2v) is 14.9. The number of carbonyl (C=O) groups is 2. The van der Waals surface area contributed by atoms with E-state index < -0.39 is 6.10 Å². The molecule has 0 rings (SSSR count). The van der Waals surface area contributed by atoms with Crippen molar-refractivity contribution in [3.8, 4) is 0 Å². The minimum absolute atomic E-state index is 0.0560. The Kier molecular flexibility index (Phi) is 44.0. The smallest absolute Gasteiger partial charge is 0.306 e. The summed E-state index contributed by atoms with van der Waals surface area (Å²) in [6, 6.07) is 0. The first kappa shape index (κ1) is 53.1. The van der Waals surface area contributed by atoms with Crippen molar-refractivity contribution >= 4 is 11.9 Å². The van der Waals surface area contributed by atoms with Crippen LogP contribution in [0, 0.1) is 0 Å². The molecule has 0 heterocycles. The van der Waals surface area contributed by atoms with Crippen molar-refractivity contribution in [2.75, 3.05) is 19.8 Å². The van der Waals surface area contributed by atoms with Gasteiger partial charge in [0.1, 0.15) is 6.61 Å². The summed E-state index contributed by atoms with van der Waals surface area (Å²) in [5, 5.41) is 0. The van der Waals surface area contributed by atoms with E-state index in [-0.39, 0.29) is 25.2 Å². The van der Waals surface area contributed by atoms with E-state index in [0.29, 0.717) is 19.4 Å². The van der Waals surface area contributed by atoms with Crippen LogP contribution in [0.4, 0.5) is 0 Å². The molecule has 0 aromatic carbocycles. The monoisotopic (exact) mass is 779 g/mol. The Hall–Kier alpha value is -2.92. The number of hydrogen-bond acceptors (Lipinski definition) is 5. The molecule has 0 bridgehead atoms. The highest BCUT2D eigenvalue weighted by Crippen LogP contribution is 2.12. The molecular formula is C51H86O5. The number of rotatable bonds is 41. The van der Waals surface area contributed by atoms with E-state index in [9.17, 15) is 9.59 Å². The van der Waals surface area contributed by atoms with Crippen LogP contribution >= 0.6 is 0 Å². The van der Waals surface area contributed by atoms with Gasteiger partial charge in [-0.15, -0.1) is 0 Å². The second-order valence-electron chi connectivity index (χ2n) is 14.9. The molecule has 0 spiro atoms. The molecule has 1 atom stereocenters. The highest BCUT2D eigenvalue weighted by atomic mass is 16.6. The Balaban J connectivity index is 4.36. The van der Waals surface area contributed by atoms with E-state index in [1.54, 1.807) is 0 Å². The maximum atomic E-state index is 12.7. The molecule has 0 aliphatic carbocycles. The lowest BCUT2D eigenvalue weighted by atomic mass is 10.1. The van der Waals surface area contributed by atoms with Crippen LogP contribution in [-0.4, -0.2) is 37.9 Å². The van der Waals surface area contributed by atoms with Gasteiger partial charge in [0, 0.05) is 19.4 Å². The molecule has 0 amide bonds. The van der Waals surface area contributed by atoms with Crippen molar-refractivity contribution in [2.45, 2.75) is 207 Å². The van der Waals surface area contributed by atoms with Gasteiger partial charge in [-0.05, 0) is 103 Å². The van der Waals surface area contributed by atoms with Crippen LogP contribution in [0.2, 0.25) is 0 Å². The summed E-state index contributed by atoms with van der Waals surface area (Å²) in [6.45, 7) is 7.51. The first-order valence-electron chi connectivity index (χ1n) is 23.1. The second kappa shape index (κ2) is 46.5. The Morgan fingerprint density at radius 2 is 0.804 bits per heavy atom. The first-order valence-corrected chi connectivity index (χ1v) is 23.1. The fraction of sp³-hybridized carbons (Fsp3) is 0.686. The molecule has 0 aliphatic heterocycles. The molecule has 5 heteroatoms. The molecule has 0 N–H and O–H groups in total. The molecule has 0 radical (unpaired) electrons. The average Bonchev–Trinajstić information content (AvgIpc) is 3.20. The van der Waals surface area contributed by atoms with E-state index in [1.165, 1.54) is 64.2 Å². The number of allylic oxidation sites excluding steroid dienone is 14. The third-order valence-corrected chi connectivity index (χ3v) is 9.35. The van der Waals surface area contributed by atoms with Crippen LogP contribution in [0.15, 0.2) is 85.1 Å². The SMILES string of the molecule is CC/C=C\C/C=C\C/C=C\CCCCCC(=O)OCC(COCCCCCCCC/C=C\C/C=C\CCC)OC(=O)CCCCCCC/C=C\C/C=C\CCC. The summed E-state index contributed by atoms with van der Waals surface area (Å²) in [5.41, 5.74) is 0. The third kappa shape index (κ3) is 43.8. The minimum Gasteiger partial charge on any atom is -0.462 e. The van der Waals surface area contributed by atoms with Gasteiger partial charge in [0.25, 0.3) is 0 Å². The zero-order valence-electron chi connectivity index (χ0n) is 36.6. The molecule has 0 fully saturated rings. The topological polar surface area (TPSA) is 61.8 Å². The van der Waals surface area contributed by atoms with Crippen LogP contribution in [0.1, 0.15) is 201 Å². The normalized spacial score (nSPS) is 13.0. The zero-order valence-corrected chi connectivity index (χ0v) is 36.6. The largest absolute Gasteiger partial charge is 0.462 e. The molecule has 0 aliphatic rings. The van der Waals surface area contributed by atoms with Crippen LogP contribution in [0.3, 0.4) is 0 Å². The number of esters is 2. The molecule has 0 aromatic heterocycles. The molecule has 320 valence electrons. The lowest BCUT2D eigenvalue weighted by molar-refractivity contribution is -0.163. The predicted molar refractivity (Wildman–Crippen MR) is 242 cm³/mol. The highest BCUT2D eigenvalue weighted by molar-refractivity contribution is 5.70. The van der Waals surface area contributed by atoms with Crippen molar-refractivity contribution in [1.82, 2.24) is 0 Å².